The number of aromatic nitrogens is 1. The van der Waals surface area contributed by atoms with E-state index >= 15 is 0 Å². The summed E-state index contributed by atoms with van der Waals surface area (Å²) in [4.78, 5) is 4.49. The quantitative estimate of drug-likeness (QED) is 0.782. The Balaban J connectivity index is 2.05. The average molecular weight is 265 g/mol. The predicted molar refractivity (Wildman–Crippen MR) is 78.9 cm³/mol. The Kier molecular flexibility index (Phi) is 3.35. The molecule has 1 N–H and O–H groups in total. The molecule has 0 radical (unpaired) electrons. The minimum Gasteiger partial charge on any atom is -0.439 e. The second-order valence-corrected chi connectivity index (χ2v) is 4.72. The van der Waals surface area contributed by atoms with Crippen LogP contribution in [-0.4, -0.2) is 10.1 Å². The van der Waals surface area contributed by atoms with Crippen molar-refractivity contribution in [2.24, 2.45) is 0 Å². The topological polar surface area (TPSA) is 42.4 Å². The van der Waals surface area contributed by atoms with Gasteiger partial charge in [0.25, 0.3) is 0 Å². The first-order valence-corrected chi connectivity index (χ1v) is 6.50. The lowest BCUT2D eigenvalue weighted by Crippen LogP contribution is -1.96. The van der Waals surface area contributed by atoms with E-state index in [4.69, 9.17) is 4.74 Å². The van der Waals surface area contributed by atoms with E-state index in [1.807, 2.05) is 61.5 Å². The monoisotopic (exact) mass is 265 g/mol. The fourth-order valence-corrected chi connectivity index (χ4v) is 2.13. The number of fused-ring (bicyclic) bond motifs is 1. The van der Waals surface area contributed by atoms with Gasteiger partial charge in [0, 0.05) is 10.9 Å². The van der Waals surface area contributed by atoms with Crippen LogP contribution in [0.4, 0.5) is 0 Å². The van der Waals surface area contributed by atoms with Crippen molar-refractivity contribution in [3.63, 3.8) is 0 Å². The molecule has 3 rings (SSSR count). The first-order valence-electron chi connectivity index (χ1n) is 6.50. The molecule has 0 aliphatic carbocycles. The molecule has 0 aliphatic heterocycles. The minimum absolute atomic E-state index is 0.0982. The highest BCUT2D eigenvalue weighted by Crippen LogP contribution is 2.27. The number of pyridine rings is 1. The number of hydrogen-bond donors (Lipinski definition) is 1. The van der Waals surface area contributed by atoms with Crippen molar-refractivity contribution in [1.82, 2.24) is 4.98 Å². The Bertz CT molecular complexity index is 753. The van der Waals surface area contributed by atoms with Gasteiger partial charge in [-0.25, -0.2) is 4.98 Å². The normalized spacial score (nSPS) is 10.7. The fraction of sp³-hybridized carbons (Fsp3) is 0.118. The van der Waals surface area contributed by atoms with Gasteiger partial charge >= 0.3 is 0 Å². The molecule has 100 valence electrons. The van der Waals surface area contributed by atoms with Crippen molar-refractivity contribution in [2.45, 2.75) is 13.5 Å². The summed E-state index contributed by atoms with van der Waals surface area (Å²) in [5, 5.41) is 10.5. The molecule has 2 aromatic carbocycles. The number of rotatable bonds is 3. The van der Waals surface area contributed by atoms with Crippen LogP contribution in [0.2, 0.25) is 0 Å². The van der Waals surface area contributed by atoms with Crippen LogP contribution in [0.5, 0.6) is 11.6 Å². The molecule has 3 nitrogen and oxygen atoms in total. The highest BCUT2D eigenvalue weighted by Gasteiger charge is 2.08. The van der Waals surface area contributed by atoms with E-state index in [0.717, 1.165) is 22.2 Å². The third-order valence-electron chi connectivity index (χ3n) is 3.14. The Morgan fingerprint density at radius 2 is 1.90 bits per heavy atom. The van der Waals surface area contributed by atoms with Gasteiger partial charge in [-0.3, -0.25) is 0 Å². The van der Waals surface area contributed by atoms with Crippen molar-refractivity contribution in [2.75, 3.05) is 0 Å². The Hall–Kier alpha value is -2.39. The van der Waals surface area contributed by atoms with Crippen molar-refractivity contribution in [1.29, 1.82) is 0 Å². The smallest absolute Gasteiger partial charge is 0.225 e. The second kappa shape index (κ2) is 5.31. The number of aliphatic hydroxyl groups is 1. The number of para-hydroxylation sites is 1. The first-order chi connectivity index (χ1) is 9.76. The third-order valence-corrected chi connectivity index (χ3v) is 3.14. The molecular weight excluding hydrogens is 250 g/mol. The van der Waals surface area contributed by atoms with Crippen LogP contribution in [0.3, 0.4) is 0 Å². The van der Waals surface area contributed by atoms with Gasteiger partial charge in [-0.05, 0) is 36.8 Å². The minimum atomic E-state index is -0.0982. The van der Waals surface area contributed by atoms with Gasteiger partial charge in [0.2, 0.25) is 5.88 Å². The maximum absolute atomic E-state index is 9.49. The molecule has 0 atom stereocenters. The van der Waals surface area contributed by atoms with E-state index in [1.54, 1.807) is 0 Å². The molecule has 0 bridgehead atoms. The Morgan fingerprint density at radius 1 is 1.05 bits per heavy atom. The molecule has 0 fully saturated rings. The summed E-state index contributed by atoms with van der Waals surface area (Å²) in [7, 11) is 0. The molecule has 1 heterocycles. The van der Waals surface area contributed by atoms with E-state index < -0.39 is 0 Å². The van der Waals surface area contributed by atoms with Gasteiger partial charge in [-0.2, -0.15) is 0 Å². The Morgan fingerprint density at radius 3 is 2.70 bits per heavy atom. The van der Waals surface area contributed by atoms with Crippen LogP contribution >= 0.6 is 0 Å². The van der Waals surface area contributed by atoms with Crippen molar-refractivity contribution in [3.05, 3.63) is 65.7 Å². The molecule has 0 unspecified atom stereocenters. The summed E-state index contributed by atoms with van der Waals surface area (Å²) in [5.41, 5.74) is 2.66. The van der Waals surface area contributed by atoms with Gasteiger partial charge in [0.1, 0.15) is 5.75 Å². The molecule has 3 aromatic rings. The first kappa shape index (κ1) is 12.6. The van der Waals surface area contributed by atoms with E-state index in [0.29, 0.717) is 11.4 Å². The van der Waals surface area contributed by atoms with Crippen LogP contribution in [0, 0.1) is 6.92 Å². The van der Waals surface area contributed by atoms with Gasteiger partial charge < -0.3 is 9.84 Å². The SMILES string of the molecule is Cc1cccc(Oc2nc3ccccc3cc2CO)c1. The molecule has 0 spiro atoms. The van der Waals surface area contributed by atoms with Gasteiger partial charge in [-0.1, -0.05) is 30.3 Å². The zero-order valence-corrected chi connectivity index (χ0v) is 11.2. The van der Waals surface area contributed by atoms with Crippen LogP contribution in [-0.2, 0) is 6.61 Å². The summed E-state index contributed by atoms with van der Waals surface area (Å²) in [6.07, 6.45) is 0. The standard InChI is InChI=1S/C17H15NO2/c1-12-5-4-7-15(9-12)20-17-14(11-19)10-13-6-2-3-8-16(13)18-17/h2-10,19H,11H2,1H3. The van der Waals surface area contributed by atoms with E-state index in [9.17, 15) is 5.11 Å². The number of aliphatic hydroxyl groups excluding tert-OH is 1. The third kappa shape index (κ3) is 2.49. The predicted octanol–water partition coefficient (Wildman–Crippen LogP) is 3.83. The van der Waals surface area contributed by atoms with Gasteiger partial charge in [-0.15, -0.1) is 0 Å². The number of ether oxygens (including phenoxy) is 1. The summed E-state index contributed by atoms with van der Waals surface area (Å²) in [6, 6.07) is 17.5. The van der Waals surface area contributed by atoms with Gasteiger partial charge in [0.05, 0.1) is 12.1 Å². The molecule has 0 aliphatic rings. The zero-order chi connectivity index (χ0) is 13.9. The highest BCUT2D eigenvalue weighted by molar-refractivity contribution is 5.80. The number of benzene rings is 2. The Labute approximate surface area is 117 Å². The summed E-state index contributed by atoms with van der Waals surface area (Å²) in [6.45, 7) is 1.91. The summed E-state index contributed by atoms with van der Waals surface area (Å²) in [5.74, 6) is 1.18. The van der Waals surface area contributed by atoms with Crippen LogP contribution in [0.15, 0.2) is 54.6 Å². The number of hydrogen-bond acceptors (Lipinski definition) is 3. The lowest BCUT2D eigenvalue weighted by atomic mass is 10.1. The molecule has 0 amide bonds. The fourth-order valence-electron chi connectivity index (χ4n) is 2.13. The molecule has 1 aromatic heterocycles. The van der Waals surface area contributed by atoms with Crippen molar-refractivity contribution in [3.8, 4) is 11.6 Å². The van der Waals surface area contributed by atoms with Crippen molar-refractivity contribution >= 4 is 10.9 Å². The lowest BCUT2D eigenvalue weighted by molar-refractivity contribution is 0.275. The highest BCUT2D eigenvalue weighted by atomic mass is 16.5. The molecular formula is C17H15NO2. The zero-order valence-electron chi connectivity index (χ0n) is 11.2. The van der Waals surface area contributed by atoms with Crippen molar-refractivity contribution < 1.29 is 9.84 Å². The molecule has 0 saturated heterocycles. The molecule has 3 heteroatoms. The lowest BCUT2D eigenvalue weighted by Gasteiger charge is -2.10. The molecule has 0 saturated carbocycles. The van der Waals surface area contributed by atoms with Crippen LogP contribution in [0.1, 0.15) is 11.1 Å². The maximum atomic E-state index is 9.49. The number of nitrogens with zero attached hydrogens (tertiary/aromatic N) is 1. The number of aryl methyl sites for hydroxylation is 1. The van der Waals surface area contributed by atoms with E-state index in [1.165, 1.54) is 0 Å². The van der Waals surface area contributed by atoms with E-state index in [-0.39, 0.29) is 6.61 Å². The summed E-state index contributed by atoms with van der Waals surface area (Å²) >= 11 is 0. The maximum Gasteiger partial charge on any atom is 0.225 e. The average Bonchev–Trinajstić information content (AvgIpc) is 2.46. The molecule has 20 heavy (non-hydrogen) atoms. The van der Waals surface area contributed by atoms with E-state index in [2.05, 4.69) is 4.98 Å². The second-order valence-electron chi connectivity index (χ2n) is 4.72. The van der Waals surface area contributed by atoms with Crippen LogP contribution in [0.25, 0.3) is 10.9 Å². The van der Waals surface area contributed by atoms with Gasteiger partial charge in [0.15, 0.2) is 0 Å². The van der Waals surface area contributed by atoms with Crippen LogP contribution < -0.4 is 4.74 Å². The largest absolute Gasteiger partial charge is 0.439 e. The summed E-state index contributed by atoms with van der Waals surface area (Å²) < 4.78 is 5.82.